The van der Waals surface area contributed by atoms with Crippen LogP contribution >= 0.6 is 0 Å². The van der Waals surface area contributed by atoms with E-state index in [-0.39, 0.29) is 23.2 Å². The Hall–Kier alpha value is -4.73. The van der Waals surface area contributed by atoms with E-state index in [9.17, 15) is 23.6 Å². The molecule has 1 aliphatic rings. The summed E-state index contributed by atoms with van der Waals surface area (Å²) in [4.78, 5) is 51.4. The number of fused-ring (bicyclic) bond motifs is 1. The first kappa shape index (κ1) is 25.4. The van der Waals surface area contributed by atoms with Crippen LogP contribution in [-0.2, 0) is 16.0 Å². The van der Waals surface area contributed by atoms with Crippen LogP contribution in [-0.4, -0.2) is 33.9 Å². The van der Waals surface area contributed by atoms with Crippen LogP contribution in [0.3, 0.4) is 0 Å². The highest BCUT2D eigenvalue weighted by Crippen LogP contribution is 2.37. The summed E-state index contributed by atoms with van der Waals surface area (Å²) >= 11 is 0. The predicted octanol–water partition coefficient (Wildman–Crippen LogP) is 4.55. The normalized spacial score (nSPS) is 13.3. The van der Waals surface area contributed by atoms with E-state index < -0.39 is 29.6 Å². The van der Waals surface area contributed by atoms with Crippen LogP contribution in [0.1, 0.15) is 50.4 Å². The maximum atomic E-state index is 14.9. The van der Waals surface area contributed by atoms with Gasteiger partial charge in [-0.15, -0.1) is 0 Å². The summed E-state index contributed by atoms with van der Waals surface area (Å²) in [5, 5.41) is 16.1. The fourth-order valence-corrected chi connectivity index (χ4v) is 4.19. The first-order valence-electron chi connectivity index (χ1n) is 11.5. The maximum absolute atomic E-state index is 14.9. The van der Waals surface area contributed by atoms with Gasteiger partial charge in [-0.3, -0.25) is 19.7 Å². The Balaban J connectivity index is 1.54. The van der Waals surface area contributed by atoms with Crippen LogP contribution in [0.2, 0.25) is 0 Å². The maximum Gasteiger partial charge on any atom is 0.326 e. The van der Waals surface area contributed by atoms with Crippen LogP contribution in [0.5, 0.6) is 0 Å². The lowest BCUT2D eigenvalue weighted by Crippen LogP contribution is -2.34. The highest BCUT2D eigenvalue weighted by Gasteiger charge is 2.27. The van der Waals surface area contributed by atoms with E-state index in [1.54, 1.807) is 30.3 Å². The number of benzene rings is 2. The molecule has 4 rings (SSSR count). The monoisotopic (exact) mass is 504 g/mol. The number of anilines is 2. The van der Waals surface area contributed by atoms with Gasteiger partial charge in [-0.1, -0.05) is 17.7 Å². The molecule has 0 aliphatic carbocycles. The third kappa shape index (κ3) is 5.43. The van der Waals surface area contributed by atoms with Crippen LogP contribution in [0.4, 0.5) is 20.6 Å². The number of hydrogen-bond acceptors (Lipinski definition) is 4. The average molecular weight is 505 g/mol. The number of H-pyrrole nitrogens is 1. The number of hydrogen-bond donors (Lipinski definition) is 5. The molecule has 9 nitrogen and oxygen atoms in total. The molecule has 0 atom stereocenters. The minimum absolute atomic E-state index is 0.0238. The number of amides is 4. The zero-order chi connectivity index (χ0) is 26.9. The molecular formula is C27H25FN4O5. The molecule has 5 N–H and O–H groups in total. The first-order valence-corrected chi connectivity index (χ1v) is 11.5. The van der Waals surface area contributed by atoms with Gasteiger partial charge in [-0.25, -0.2) is 9.18 Å². The van der Waals surface area contributed by atoms with Crippen LogP contribution < -0.4 is 16.0 Å². The lowest BCUT2D eigenvalue weighted by Gasteiger charge is -2.10. The fourth-order valence-electron chi connectivity index (χ4n) is 4.19. The summed E-state index contributed by atoms with van der Waals surface area (Å²) in [5.74, 6) is -2.79. The van der Waals surface area contributed by atoms with Crippen molar-refractivity contribution in [3.05, 3.63) is 81.4 Å². The molecule has 10 heteroatoms. The van der Waals surface area contributed by atoms with Crippen molar-refractivity contribution in [1.82, 2.24) is 10.3 Å². The van der Waals surface area contributed by atoms with E-state index in [2.05, 4.69) is 20.9 Å². The van der Waals surface area contributed by atoms with Gasteiger partial charge in [0, 0.05) is 28.9 Å². The summed E-state index contributed by atoms with van der Waals surface area (Å²) < 4.78 is 14.9. The van der Waals surface area contributed by atoms with Crippen molar-refractivity contribution < 1.29 is 28.7 Å². The Labute approximate surface area is 211 Å². The lowest BCUT2D eigenvalue weighted by atomic mass is 10.0. The van der Waals surface area contributed by atoms with Crippen molar-refractivity contribution in [2.45, 2.75) is 33.6 Å². The Morgan fingerprint density at radius 1 is 1.08 bits per heavy atom. The van der Waals surface area contributed by atoms with E-state index >= 15 is 0 Å². The van der Waals surface area contributed by atoms with Gasteiger partial charge < -0.3 is 20.7 Å². The molecule has 0 fully saturated rings. The smallest absolute Gasteiger partial charge is 0.326 e. The minimum atomic E-state index is -0.920. The van der Waals surface area contributed by atoms with Gasteiger partial charge in [0.25, 0.3) is 11.8 Å². The summed E-state index contributed by atoms with van der Waals surface area (Å²) in [6.07, 6.45) is 1.91. The van der Waals surface area contributed by atoms with Crippen LogP contribution in [0.25, 0.3) is 11.6 Å². The largest absolute Gasteiger partial charge is 0.481 e. The zero-order valence-corrected chi connectivity index (χ0v) is 20.4. The molecule has 190 valence electrons. The number of urea groups is 1. The number of imide groups is 1. The van der Waals surface area contributed by atoms with Gasteiger partial charge in [0.2, 0.25) is 0 Å². The number of rotatable bonds is 6. The highest BCUT2D eigenvalue weighted by atomic mass is 19.1. The van der Waals surface area contributed by atoms with E-state index in [4.69, 9.17) is 5.11 Å². The van der Waals surface area contributed by atoms with Crippen molar-refractivity contribution in [3.63, 3.8) is 0 Å². The van der Waals surface area contributed by atoms with E-state index in [1.807, 2.05) is 20.8 Å². The minimum Gasteiger partial charge on any atom is -0.481 e. The second-order valence-electron chi connectivity index (χ2n) is 8.83. The molecular weight excluding hydrogens is 479 g/mol. The predicted molar refractivity (Wildman–Crippen MR) is 137 cm³/mol. The summed E-state index contributed by atoms with van der Waals surface area (Å²) in [6.45, 7) is 5.51. The third-order valence-electron chi connectivity index (χ3n) is 6.19. The second kappa shape index (κ2) is 10.1. The summed E-state index contributed by atoms with van der Waals surface area (Å²) in [6, 6.07) is 8.09. The zero-order valence-electron chi connectivity index (χ0n) is 20.4. The molecule has 0 bridgehead atoms. The van der Waals surface area contributed by atoms with E-state index in [0.29, 0.717) is 23.4 Å². The van der Waals surface area contributed by atoms with Gasteiger partial charge in [-0.05, 0) is 68.7 Å². The Morgan fingerprint density at radius 2 is 1.78 bits per heavy atom. The van der Waals surface area contributed by atoms with Crippen LogP contribution in [0, 0.1) is 26.6 Å². The lowest BCUT2D eigenvalue weighted by molar-refractivity contribution is -0.137. The molecule has 0 saturated heterocycles. The van der Waals surface area contributed by atoms with Crippen molar-refractivity contribution in [1.29, 1.82) is 0 Å². The molecule has 4 amide bonds. The SMILES string of the molecule is Cc1ccc(C(=O)NC(=O)Nc2cc3c(cc2F)/C(=C/c2[nH]c(C)c(CCC(=O)O)c2C)C(=O)N3)cc1. The van der Waals surface area contributed by atoms with Crippen molar-refractivity contribution in [3.8, 4) is 0 Å². The average Bonchev–Trinajstić information content (AvgIpc) is 3.27. The van der Waals surface area contributed by atoms with Gasteiger partial charge in [0.15, 0.2) is 0 Å². The number of nitrogens with one attached hydrogen (secondary N) is 4. The van der Waals surface area contributed by atoms with Crippen molar-refractivity contribution >= 4 is 46.8 Å². The Bertz CT molecular complexity index is 1470. The molecule has 0 unspecified atom stereocenters. The number of carbonyl (C=O) groups is 4. The Kier molecular flexibility index (Phi) is 6.92. The second-order valence-corrected chi connectivity index (χ2v) is 8.83. The van der Waals surface area contributed by atoms with Gasteiger partial charge in [0.05, 0.1) is 16.9 Å². The molecule has 2 aromatic carbocycles. The number of halogens is 1. The standard InChI is InChI=1S/C27H25FN4O5/c1-13-4-6-16(7-5-13)25(35)32-27(37)31-23-12-22-18(10-20(23)28)19(26(36)30-22)11-21-14(2)17(15(3)29-21)8-9-24(33)34/h4-7,10-12,29H,8-9H2,1-3H3,(H,30,36)(H,33,34)(H2,31,32,35,37)/b19-11-. The molecule has 0 radical (unpaired) electrons. The summed E-state index contributed by atoms with van der Waals surface area (Å²) in [5.41, 5.74) is 4.91. The quantitative estimate of drug-likeness (QED) is 0.313. The van der Waals surface area contributed by atoms with Gasteiger partial charge in [-0.2, -0.15) is 0 Å². The number of aliphatic carboxylic acids is 1. The third-order valence-corrected chi connectivity index (χ3v) is 6.19. The number of aromatic amines is 1. The highest BCUT2D eigenvalue weighted by molar-refractivity contribution is 6.35. The van der Waals surface area contributed by atoms with Crippen molar-refractivity contribution in [2.75, 3.05) is 10.6 Å². The fraction of sp³-hybridized carbons (Fsp3) is 0.185. The number of carboxylic acid groups (broad SMARTS) is 1. The van der Waals surface area contributed by atoms with Gasteiger partial charge >= 0.3 is 12.0 Å². The Morgan fingerprint density at radius 3 is 2.46 bits per heavy atom. The summed E-state index contributed by atoms with van der Waals surface area (Å²) in [7, 11) is 0. The molecule has 3 aromatic rings. The molecule has 1 aromatic heterocycles. The van der Waals surface area contributed by atoms with Gasteiger partial charge in [0.1, 0.15) is 5.82 Å². The van der Waals surface area contributed by atoms with Crippen LogP contribution in [0.15, 0.2) is 36.4 Å². The number of aromatic nitrogens is 1. The molecule has 2 heterocycles. The number of carboxylic acids is 1. The first-order chi connectivity index (χ1) is 17.5. The number of carbonyl (C=O) groups excluding carboxylic acids is 3. The molecule has 37 heavy (non-hydrogen) atoms. The van der Waals surface area contributed by atoms with Crippen molar-refractivity contribution in [2.24, 2.45) is 0 Å². The molecule has 0 spiro atoms. The van der Waals surface area contributed by atoms with E-state index in [1.165, 1.54) is 6.07 Å². The topological polar surface area (TPSA) is 140 Å². The van der Waals surface area contributed by atoms with E-state index in [0.717, 1.165) is 28.5 Å². The number of aryl methyl sites for hydroxylation is 2. The molecule has 0 saturated carbocycles. The molecule has 1 aliphatic heterocycles.